The Morgan fingerprint density at radius 2 is 0.593 bits per heavy atom. The first-order chi connectivity index (χ1) is 25.1. The van der Waals surface area contributed by atoms with Crippen molar-refractivity contribution >= 4 is 0 Å². The van der Waals surface area contributed by atoms with Gasteiger partial charge in [-0.3, -0.25) is 0 Å². The molecule has 0 unspecified atom stereocenters. The molecular formula is C51H75F3. The first-order valence-electron chi connectivity index (χ1n) is 20.5. The molecule has 0 fully saturated rings. The molecule has 0 aliphatic rings. The van der Waals surface area contributed by atoms with E-state index in [0.717, 1.165) is 28.7 Å². The maximum atomic E-state index is 13.1. The van der Waals surface area contributed by atoms with Gasteiger partial charge in [-0.2, -0.15) is 0 Å². The van der Waals surface area contributed by atoms with E-state index in [1.807, 2.05) is 33.8 Å². The number of aryl methyl sites for hydroxylation is 1. The van der Waals surface area contributed by atoms with Gasteiger partial charge in [-0.25, -0.2) is 13.2 Å². The first-order valence-corrected chi connectivity index (χ1v) is 20.5. The molecule has 0 aliphatic heterocycles. The van der Waals surface area contributed by atoms with Crippen molar-refractivity contribution in [1.29, 1.82) is 0 Å². The SMILES string of the molecule is CC(C)c1cc(C(C)C)cc(C(F)F)c1.CC(C)c1cc(F)cc(C(C)C)c1.CC(C)c1cccc(C(C)C)c1.CCc1cc(C(C)C)cc(C(C)C)c1. The van der Waals surface area contributed by atoms with E-state index in [2.05, 4.69) is 139 Å². The van der Waals surface area contributed by atoms with Crippen molar-refractivity contribution < 1.29 is 13.2 Å². The lowest BCUT2D eigenvalue weighted by Crippen LogP contribution is -1.97. The van der Waals surface area contributed by atoms with Crippen LogP contribution in [0.3, 0.4) is 0 Å². The molecule has 3 heteroatoms. The zero-order valence-corrected chi connectivity index (χ0v) is 37.0. The Balaban J connectivity index is 0.000000361. The molecule has 300 valence electrons. The first kappa shape index (κ1) is 48.7. The number of hydrogen-bond donors (Lipinski definition) is 0. The van der Waals surface area contributed by atoms with E-state index in [4.69, 9.17) is 0 Å². The average molecular weight is 745 g/mol. The summed E-state index contributed by atoms with van der Waals surface area (Å²) in [7, 11) is 0. The van der Waals surface area contributed by atoms with Crippen molar-refractivity contribution in [3.63, 3.8) is 0 Å². The van der Waals surface area contributed by atoms with E-state index in [0.29, 0.717) is 47.3 Å². The van der Waals surface area contributed by atoms with Crippen molar-refractivity contribution in [2.45, 2.75) is 178 Å². The average Bonchev–Trinajstić information content (AvgIpc) is 3.11. The van der Waals surface area contributed by atoms with Crippen molar-refractivity contribution in [1.82, 2.24) is 0 Å². The van der Waals surface area contributed by atoms with E-state index in [1.54, 1.807) is 24.3 Å². The Kier molecular flexibility index (Phi) is 21.2. The van der Waals surface area contributed by atoms with Crippen LogP contribution in [0.15, 0.2) is 78.9 Å². The van der Waals surface area contributed by atoms with Crippen LogP contribution in [0.1, 0.15) is 227 Å². The van der Waals surface area contributed by atoms with E-state index in [1.165, 1.54) is 27.8 Å². The standard InChI is InChI=1S/C14H22.C13H18F2.C12H17F.C12H18/c1-6-12-7-13(10(2)3)9-14(8-12)11(4)5;1-8(2)10-5-11(9(3)4)7-12(6-10)13(14)15;1-8(2)10-5-11(9(3)4)7-12(13)6-10;1-9(2)11-6-5-7-12(8-11)10(3)4/h7-11H,6H2,1-5H3;5-9,13H,1-4H3;5-9H,1-4H3;5-10H,1-4H3. The van der Waals surface area contributed by atoms with Gasteiger partial charge in [-0.15, -0.1) is 0 Å². The van der Waals surface area contributed by atoms with Crippen LogP contribution in [0.5, 0.6) is 0 Å². The summed E-state index contributed by atoms with van der Waals surface area (Å²) < 4.78 is 38.5. The molecule has 0 saturated heterocycles. The van der Waals surface area contributed by atoms with Gasteiger partial charge in [0, 0.05) is 5.56 Å². The van der Waals surface area contributed by atoms with Gasteiger partial charge in [0.25, 0.3) is 6.43 Å². The van der Waals surface area contributed by atoms with Gasteiger partial charge in [0.1, 0.15) is 5.82 Å². The number of rotatable bonds is 10. The number of halogens is 3. The molecule has 4 rings (SSSR count). The van der Waals surface area contributed by atoms with Crippen molar-refractivity contribution in [2.24, 2.45) is 0 Å². The smallest absolute Gasteiger partial charge is 0.207 e. The molecule has 54 heavy (non-hydrogen) atoms. The van der Waals surface area contributed by atoms with Crippen LogP contribution in [0.2, 0.25) is 0 Å². The third kappa shape index (κ3) is 17.0. The number of hydrogen-bond acceptors (Lipinski definition) is 0. The highest BCUT2D eigenvalue weighted by Gasteiger charge is 2.13. The van der Waals surface area contributed by atoms with Crippen LogP contribution in [0, 0.1) is 5.82 Å². The Morgan fingerprint density at radius 1 is 0.352 bits per heavy atom. The second kappa shape index (κ2) is 23.6. The van der Waals surface area contributed by atoms with Crippen LogP contribution in [-0.4, -0.2) is 0 Å². The summed E-state index contributed by atoms with van der Waals surface area (Å²) in [6.07, 6.45) is -1.23. The highest BCUT2D eigenvalue weighted by molar-refractivity contribution is 5.35. The van der Waals surface area contributed by atoms with Gasteiger partial charge in [0.15, 0.2) is 0 Å². The summed E-state index contributed by atoms with van der Waals surface area (Å²) in [5.74, 6) is 3.82. The van der Waals surface area contributed by atoms with Crippen LogP contribution in [0.25, 0.3) is 0 Å². The fourth-order valence-corrected chi connectivity index (χ4v) is 5.69. The molecule has 0 aliphatic carbocycles. The molecule has 0 spiro atoms. The summed E-state index contributed by atoms with van der Waals surface area (Å²) in [5.41, 5.74) is 11.6. The highest BCUT2D eigenvalue weighted by Crippen LogP contribution is 2.29. The van der Waals surface area contributed by atoms with Crippen LogP contribution < -0.4 is 0 Å². The summed E-state index contributed by atoms with van der Waals surface area (Å²) in [6, 6.07) is 26.5. The fourth-order valence-electron chi connectivity index (χ4n) is 5.69. The normalized spacial score (nSPS) is 11.4. The van der Waals surface area contributed by atoms with Crippen molar-refractivity contribution in [3.8, 4) is 0 Å². The molecule has 4 aromatic carbocycles. The molecule has 0 heterocycles. The van der Waals surface area contributed by atoms with Crippen LogP contribution in [0.4, 0.5) is 13.2 Å². The van der Waals surface area contributed by atoms with E-state index < -0.39 is 6.43 Å². The molecule has 0 aromatic heterocycles. The van der Waals surface area contributed by atoms with Crippen LogP contribution in [-0.2, 0) is 6.42 Å². The minimum absolute atomic E-state index is 0.116. The predicted octanol–water partition coefficient (Wildman–Crippen LogP) is 17.4. The van der Waals surface area contributed by atoms with Crippen molar-refractivity contribution in [2.75, 3.05) is 0 Å². The minimum atomic E-state index is -2.37. The molecule has 0 bridgehead atoms. The third-order valence-electron chi connectivity index (χ3n) is 9.88. The van der Waals surface area contributed by atoms with Gasteiger partial charge in [0.05, 0.1) is 0 Å². The Hall–Kier alpha value is -3.33. The monoisotopic (exact) mass is 745 g/mol. The molecule has 0 N–H and O–H groups in total. The van der Waals surface area contributed by atoms with E-state index in [-0.39, 0.29) is 11.4 Å². The second-order valence-electron chi connectivity index (χ2n) is 17.3. The Labute approximate surface area is 330 Å². The molecule has 0 saturated carbocycles. The van der Waals surface area contributed by atoms with Gasteiger partial charge in [0.2, 0.25) is 0 Å². The summed E-state index contributed by atoms with van der Waals surface area (Å²) in [5, 5.41) is 0. The Bertz CT molecular complexity index is 1510. The summed E-state index contributed by atoms with van der Waals surface area (Å²) in [4.78, 5) is 0. The summed E-state index contributed by atoms with van der Waals surface area (Å²) >= 11 is 0. The van der Waals surface area contributed by atoms with Gasteiger partial charge in [-0.05, 0) is 128 Å². The van der Waals surface area contributed by atoms with Gasteiger partial charge < -0.3 is 0 Å². The summed E-state index contributed by atoms with van der Waals surface area (Å²) in [6.45, 7) is 36.6. The highest BCUT2D eigenvalue weighted by atomic mass is 19.3. The number of alkyl halides is 2. The minimum Gasteiger partial charge on any atom is -0.207 e. The molecule has 4 aromatic rings. The quantitative estimate of drug-likeness (QED) is 0.152. The maximum Gasteiger partial charge on any atom is 0.263 e. The lowest BCUT2D eigenvalue weighted by Gasteiger charge is -2.13. The fraction of sp³-hybridized carbons (Fsp3) is 0.529. The third-order valence-corrected chi connectivity index (χ3v) is 9.88. The molecule has 0 nitrogen and oxygen atoms in total. The second-order valence-corrected chi connectivity index (χ2v) is 17.3. The van der Waals surface area contributed by atoms with E-state index in [9.17, 15) is 13.2 Å². The zero-order chi connectivity index (χ0) is 41.4. The lowest BCUT2D eigenvalue weighted by molar-refractivity contribution is 0.151. The maximum absolute atomic E-state index is 13.1. The predicted molar refractivity (Wildman–Crippen MR) is 233 cm³/mol. The Morgan fingerprint density at radius 3 is 0.852 bits per heavy atom. The molecule has 0 radical (unpaired) electrons. The molecule has 0 atom stereocenters. The van der Waals surface area contributed by atoms with Crippen LogP contribution >= 0.6 is 0 Å². The molecular weight excluding hydrogens is 670 g/mol. The molecule has 0 amide bonds. The van der Waals surface area contributed by atoms with Gasteiger partial charge >= 0.3 is 0 Å². The largest absolute Gasteiger partial charge is 0.263 e. The van der Waals surface area contributed by atoms with Gasteiger partial charge in [-0.1, -0.05) is 172 Å². The topological polar surface area (TPSA) is 0 Å². The number of benzene rings is 4. The zero-order valence-electron chi connectivity index (χ0n) is 37.0. The lowest BCUT2D eigenvalue weighted by atomic mass is 9.92. The van der Waals surface area contributed by atoms with E-state index >= 15 is 0 Å². The van der Waals surface area contributed by atoms with Crippen molar-refractivity contribution in [3.05, 3.63) is 140 Å².